The van der Waals surface area contributed by atoms with Crippen LogP contribution in [0.15, 0.2) is 50.5 Å². The van der Waals surface area contributed by atoms with Crippen molar-refractivity contribution in [3.8, 4) is 0 Å². The summed E-state index contributed by atoms with van der Waals surface area (Å²) in [5, 5.41) is 4.69. The van der Waals surface area contributed by atoms with Crippen LogP contribution >= 0.6 is 27.3 Å². The van der Waals surface area contributed by atoms with Gasteiger partial charge in [-0.05, 0) is 58.8 Å². The van der Waals surface area contributed by atoms with E-state index in [4.69, 9.17) is 0 Å². The lowest BCUT2D eigenvalue weighted by Gasteiger charge is -2.34. The van der Waals surface area contributed by atoms with Gasteiger partial charge < -0.3 is 5.32 Å². The van der Waals surface area contributed by atoms with Crippen molar-refractivity contribution in [3.05, 3.63) is 51.8 Å². The molecule has 1 atom stereocenters. The Morgan fingerprint density at radius 2 is 2.04 bits per heavy atom. The molecule has 3 rings (SSSR count). The Hall–Kier alpha value is -1.22. The Labute approximate surface area is 166 Å². The molecule has 2 heterocycles. The molecule has 26 heavy (non-hydrogen) atoms. The van der Waals surface area contributed by atoms with Gasteiger partial charge in [0.05, 0.1) is 5.56 Å². The highest BCUT2D eigenvalue weighted by atomic mass is 79.9. The fourth-order valence-electron chi connectivity index (χ4n) is 3.20. The molecule has 5 nitrogen and oxygen atoms in total. The van der Waals surface area contributed by atoms with Crippen molar-refractivity contribution in [3.63, 3.8) is 0 Å². The molecule has 1 saturated heterocycles. The minimum absolute atomic E-state index is 0.0737. The van der Waals surface area contributed by atoms with Gasteiger partial charge in [-0.25, -0.2) is 8.42 Å². The summed E-state index contributed by atoms with van der Waals surface area (Å²) in [4.78, 5) is 12.3. The molecule has 2 aromatic rings. The van der Waals surface area contributed by atoms with Crippen LogP contribution in [0.5, 0.6) is 0 Å². The van der Waals surface area contributed by atoms with Gasteiger partial charge in [-0.15, -0.1) is 11.3 Å². The average molecular weight is 457 g/mol. The molecule has 1 aliphatic heterocycles. The number of rotatable bonds is 6. The van der Waals surface area contributed by atoms with Crippen molar-refractivity contribution in [1.82, 2.24) is 9.62 Å². The highest BCUT2D eigenvalue weighted by Gasteiger charge is 2.33. The van der Waals surface area contributed by atoms with Crippen LogP contribution in [0.2, 0.25) is 0 Å². The number of piperidine rings is 1. The zero-order chi connectivity index (χ0) is 18.6. The van der Waals surface area contributed by atoms with Crippen LogP contribution in [0.4, 0.5) is 0 Å². The maximum Gasteiger partial charge on any atom is 0.252 e. The molecule has 1 fully saturated rings. The second-order valence-electron chi connectivity index (χ2n) is 6.22. The van der Waals surface area contributed by atoms with Crippen molar-refractivity contribution in [2.45, 2.75) is 35.9 Å². The quantitative estimate of drug-likeness (QED) is 0.716. The Morgan fingerprint density at radius 3 is 2.77 bits per heavy atom. The lowest BCUT2D eigenvalue weighted by atomic mass is 10.0. The lowest BCUT2D eigenvalue weighted by molar-refractivity contribution is 0.0949. The van der Waals surface area contributed by atoms with Gasteiger partial charge in [-0.2, -0.15) is 4.31 Å². The molecule has 0 spiro atoms. The van der Waals surface area contributed by atoms with Crippen LogP contribution in [0.3, 0.4) is 0 Å². The Morgan fingerprint density at radius 1 is 1.23 bits per heavy atom. The summed E-state index contributed by atoms with van der Waals surface area (Å²) in [5.41, 5.74) is 0.583. The fourth-order valence-corrected chi connectivity index (χ4v) is 6.51. The molecular weight excluding hydrogens is 436 g/mol. The first-order valence-electron chi connectivity index (χ1n) is 8.58. The predicted octanol–water partition coefficient (Wildman–Crippen LogP) is 3.87. The van der Waals surface area contributed by atoms with Gasteiger partial charge in [0.2, 0.25) is 0 Å². The van der Waals surface area contributed by atoms with Crippen LogP contribution < -0.4 is 5.32 Å². The Kier molecular flexibility index (Phi) is 6.50. The first kappa shape index (κ1) is 19.5. The van der Waals surface area contributed by atoms with Gasteiger partial charge in [0, 0.05) is 23.6 Å². The first-order chi connectivity index (χ1) is 12.5. The normalized spacial score (nSPS) is 18.6. The fraction of sp³-hybridized carbons (Fsp3) is 0.389. The molecule has 1 amide bonds. The molecule has 1 unspecified atom stereocenters. The van der Waals surface area contributed by atoms with E-state index < -0.39 is 10.0 Å². The number of sulfonamides is 1. The number of halogens is 1. The third kappa shape index (κ3) is 4.36. The summed E-state index contributed by atoms with van der Waals surface area (Å²) < 4.78 is 28.5. The minimum Gasteiger partial charge on any atom is -0.352 e. The molecule has 1 aromatic heterocycles. The molecule has 0 aliphatic carbocycles. The third-order valence-corrected chi connectivity index (χ3v) is 8.53. The maximum absolute atomic E-state index is 12.9. The van der Waals surface area contributed by atoms with Crippen molar-refractivity contribution >= 4 is 43.2 Å². The lowest BCUT2D eigenvalue weighted by Crippen LogP contribution is -2.44. The smallest absolute Gasteiger partial charge is 0.252 e. The van der Waals surface area contributed by atoms with E-state index in [2.05, 4.69) is 21.2 Å². The molecule has 1 aliphatic rings. The number of benzene rings is 1. The number of carbonyl (C=O) groups is 1. The van der Waals surface area contributed by atoms with Gasteiger partial charge in [0.25, 0.3) is 15.9 Å². The molecule has 0 radical (unpaired) electrons. The molecule has 1 N–H and O–H groups in total. The number of nitrogens with one attached hydrogen (secondary N) is 1. The molecule has 0 bridgehead atoms. The van der Waals surface area contributed by atoms with E-state index in [0.29, 0.717) is 29.3 Å². The summed E-state index contributed by atoms with van der Waals surface area (Å²) in [6, 6.07) is 10.6. The average Bonchev–Trinajstić information content (AvgIpc) is 3.18. The van der Waals surface area contributed by atoms with Crippen molar-refractivity contribution in [2.24, 2.45) is 0 Å². The van der Waals surface area contributed by atoms with Crippen LogP contribution in [0.25, 0.3) is 0 Å². The SMILES string of the molecule is O=C(NCCC1CCCCN1S(=O)(=O)c1cccs1)c1ccccc1Br. The molecular formula is C18H21BrN2O3S2. The number of thiophene rings is 1. The van der Waals surface area contributed by atoms with Gasteiger partial charge in [0.1, 0.15) is 4.21 Å². The van der Waals surface area contributed by atoms with Crippen molar-refractivity contribution in [2.75, 3.05) is 13.1 Å². The summed E-state index contributed by atoms with van der Waals surface area (Å²) >= 11 is 4.62. The first-order valence-corrected chi connectivity index (χ1v) is 11.7. The Bertz CT molecular complexity index is 853. The largest absolute Gasteiger partial charge is 0.352 e. The third-order valence-electron chi connectivity index (χ3n) is 4.51. The zero-order valence-corrected chi connectivity index (χ0v) is 17.4. The summed E-state index contributed by atoms with van der Waals surface area (Å²) in [7, 11) is -3.45. The van der Waals surface area contributed by atoms with Crippen LogP contribution in [0, 0.1) is 0 Å². The number of carbonyl (C=O) groups excluding carboxylic acids is 1. The van der Waals surface area contributed by atoms with Crippen LogP contribution in [0.1, 0.15) is 36.0 Å². The zero-order valence-electron chi connectivity index (χ0n) is 14.2. The number of hydrogen-bond donors (Lipinski definition) is 1. The van der Waals surface area contributed by atoms with Gasteiger partial charge in [-0.1, -0.05) is 24.6 Å². The number of nitrogens with zero attached hydrogens (tertiary/aromatic N) is 1. The van der Waals surface area contributed by atoms with E-state index in [1.54, 1.807) is 27.9 Å². The standard InChI is InChI=1S/C18H21BrN2O3S2/c19-16-8-2-1-7-15(16)18(22)20-11-10-14-6-3-4-12-21(14)26(23,24)17-9-5-13-25-17/h1-2,5,7-9,13-14H,3-4,6,10-12H2,(H,20,22). The van der Waals surface area contributed by atoms with E-state index >= 15 is 0 Å². The molecule has 0 saturated carbocycles. The minimum atomic E-state index is -3.45. The maximum atomic E-state index is 12.9. The van der Waals surface area contributed by atoms with Crippen LogP contribution in [-0.2, 0) is 10.0 Å². The summed E-state index contributed by atoms with van der Waals surface area (Å²) in [6.07, 6.45) is 3.33. The number of hydrogen-bond acceptors (Lipinski definition) is 4. The van der Waals surface area contributed by atoms with E-state index in [9.17, 15) is 13.2 Å². The molecule has 140 valence electrons. The van der Waals surface area contributed by atoms with Gasteiger partial charge in [0.15, 0.2) is 0 Å². The second kappa shape index (κ2) is 8.65. The Balaban J connectivity index is 1.63. The molecule has 1 aromatic carbocycles. The topological polar surface area (TPSA) is 66.5 Å². The van der Waals surface area contributed by atoms with Gasteiger partial charge >= 0.3 is 0 Å². The molecule has 8 heteroatoms. The van der Waals surface area contributed by atoms with E-state index in [1.165, 1.54) is 11.3 Å². The van der Waals surface area contributed by atoms with Crippen molar-refractivity contribution < 1.29 is 13.2 Å². The number of amides is 1. The second-order valence-corrected chi connectivity index (χ2v) is 10.1. The van der Waals surface area contributed by atoms with Gasteiger partial charge in [-0.3, -0.25) is 4.79 Å². The predicted molar refractivity (Wildman–Crippen MR) is 107 cm³/mol. The monoisotopic (exact) mass is 456 g/mol. The van der Waals surface area contributed by atoms with E-state index in [0.717, 1.165) is 23.7 Å². The van der Waals surface area contributed by atoms with Crippen LogP contribution in [-0.4, -0.2) is 37.8 Å². The summed E-state index contributed by atoms with van der Waals surface area (Å²) in [5.74, 6) is -0.152. The van der Waals surface area contributed by atoms with Crippen molar-refractivity contribution in [1.29, 1.82) is 0 Å². The highest BCUT2D eigenvalue weighted by molar-refractivity contribution is 9.10. The summed E-state index contributed by atoms with van der Waals surface area (Å²) in [6.45, 7) is 0.990. The highest BCUT2D eigenvalue weighted by Crippen LogP contribution is 2.29. The van der Waals surface area contributed by atoms with E-state index in [1.807, 2.05) is 18.2 Å². The van der Waals surface area contributed by atoms with E-state index in [-0.39, 0.29) is 11.9 Å².